The van der Waals surface area contributed by atoms with Crippen molar-refractivity contribution in [1.82, 2.24) is 9.97 Å². The first-order chi connectivity index (χ1) is 23.7. The fourth-order valence-electron chi connectivity index (χ4n) is 6.42. The summed E-state index contributed by atoms with van der Waals surface area (Å²) in [5.74, 6) is 0.680. The molecule has 0 amide bonds. The van der Waals surface area contributed by atoms with Crippen molar-refractivity contribution in [3.05, 3.63) is 152 Å². The van der Waals surface area contributed by atoms with E-state index in [4.69, 9.17) is 19.3 Å². The third-order valence-electron chi connectivity index (χ3n) is 9.95. The first-order valence-corrected chi connectivity index (χ1v) is 16.8. The van der Waals surface area contributed by atoms with Gasteiger partial charge in [-0.25, -0.2) is 9.97 Å². The Morgan fingerprint density at radius 1 is 0.429 bits per heavy atom. The lowest BCUT2D eigenvalue weighted by Crippen LogP contribution is -2.41. The largest absolute Gasteiger partial charge is 0.494 e. The molecule has 0 atom stereocenters. The molecule has 0 aliphatic carbocycles. The SMILES string of the molecule is CC1(C)OB(c2ccc(-c3cc(-c4ccc(-c5ccccc5)cc4)nc(-c4ccccc4)n3)c(-c3ccc4ccccc4c3)c2)OC1(C)C. The van der Waals surface area contributed by atoms with Crippen LogP contribution in [0.15, 0.2) is 152 Å². The van der Waals surface area contributed by atoms with E-state index in [9.17, 15) is 0 Å². The van der Waals surface area contributed by atoms with E-state index in [2.05, 4.69) is 155 Å². The highest BCUT2D eigenvalue weighted by atomic mass is 16.7. The normalized spacial score (nSPS) is 15.1. The van der Waals surface area contributed by atoms with Crippen molar-refractivity contribution in [2.75, 3.05) is 0 Å². The molecule has 8 rings (SSSR count). The average Bonchev–Trinajstić information content (AvgIpc) is 3.37. The van der Waals surface area contributed by atoms with Crippen LogP contribution >= 0.6 is 0 Å². The molecule has 0 saturated carbocycles. The zero-order valence-electron chi connectivity index (χ0n) is 28.2. The lowest BCUT2D eigenvalue weighted by molar-refractivity contribution is 0.00578. The van der Waals surface area contributed by atoms with Crippen molar-refractivity contribution < 1.29 is 9.31 Å². The third kappa shape index (κ3) is 5.97. The van der Waals surface area contributed by atoms with E-state index in [0.717, 1.165) is 44.7 Å². The number of hydrogen-bond donors (Lipinski definition) is 0. The van der Waals surface area contributed by atoms with Crippen LogP contribution in [0.2, 0.25) is 0 Å². The van der Waals surface area contributed by atoms with Gasteiger partial charge >= 0.3 is 7.12 Å². The monoisotopic (exact) mass is 636 g/mol. The molecule has 0 unspecified atom stereocenters. The van der Waals surface area contributed by atoms with Crippen LogP contribution in [0.3, 0.4) is 0 Å². The maximum atomic E-state index is 6.50. The molecule has 0 N–H and O–H groups in total. The third-order valence-corrected chi connectivity index (χ3v) is 9.95. The molecule has 0 radical (unpaired) electrons. The number of benzene rings is 6. The van der Waals surface area contributed by atoms with Crippen molar-refractivity contribution in [3.63, 3.8) is 0 Å². The minimum absolute atomic E-state index is 0.443. The lowest BCUT2D eigenvalue weighted by Gasteiger charge is -2.32. The van der Waals surface area contributed by atoms with E-state index < -0.39 is 18.3 Å². The summed E-state index contributed by atoms with van der Waals surface area (Å²) in [6, 6.07) is 52.9. The number of hydrogen-bond acceptors (Lipinski definition) is 4. The smallest absolute Gasteiger partial charge is 0.399 e. The number of nitrogens with zero attached hydrogens (tertiary/aromatic N) is 2. The fourth-order valence-corrected chi connectivity index (χ4v) is 6.42. The first-order valence-electron chi connectivity index (χ1n) is 16.8. The van der Waals surface area contributed by atoms with Gasteiger partial charge in [-0.05, 0) is 78.3 Å². The topological polar surface area (TPSA) is 44.2 Å². The van der Waals surface area contributed by atoms with Gasteiger partial charge in [0.25, 0.3) is 0 Å². The van der Waals surface area contributed by atoms with Gasteiger partial charge in [0.15, 0.2) is 5.82 Å². The molecule has 0 bridgehead atoms. The molecule has 238 valence electrons. The molecule has 4 nitrogen and oxygen atoms in total. The molecule has 2 heterocycles. The summed E-state index contributed by atoms with van der Waals surface area (Å²) in [5.41, 5.74) is 9.31. The van der Waals surface area contributed by atoms with Gasteiger partial charge in [0.05, 0.1) is 22.6 Å². The Kier molecular flexibility index (Phi) is 7.75. The Labute approximate surface area is 288 Å². The van der Waals surface area contributed by atoms with Crippen LogP contribution in [0.4, 0.5) is 0 Å². The van der Waals surface area contributed by atoms with Gasteiger partial charge in [-0.2, -0.15) is 0 Å². The molecule has 49 heavy (non-hydrogen) atoms. The second-order valence-electron chi connectivity index (χ2n) is 13.7. The van der Waals surface area contributed by atoms with E-state index in [1.54, 1.807) is 0 Å². The molecule has 5 heteroatoms. The second-order valence-corrected chi connectivity index (χ2v) is 13.7. The van der Waals surface area contributed by atoms with E-state index in [1.807, 2.05) is 24.3 Å². The van der Waals surface area contributed by atoms with Gasteiger partial charge in [0.2, 0.25) is 0 Å². The summed E-state index contributed by atoms with van der Waals surface area (Å²) >= 11 is 0. The predicted molar refractivity (Wildman–Crippen MR) is 202 cm³/mol. The molecule has 1 aromatic heterocycles. The Bertz CT molecular complexity index is 2270. The second kappa shape index (κ2) is 12.3. The zero-order chi connectivity index (χ0) is 33.6. The maximum Gasteiger partial charge on any atom is 0.494 e. The van der Waals surface area contributed by atoms with Gasteiger partial charge in [0, 0.05) is 16.7 Å². The molecule has 0 spiro atoms. The van der Waals surface area contributed by atoms with Crippen molar-refractivity contribution >= 4 is 23.4 Å². The van der Waals surface area contributed by atoms with Crippen LogP contribution in [0.25, 0.3) is 66.9 Å². The van der Waals surface area contributed by atoms with Crippen LogP contribution in [-0.4, -0.2) is 28.3 Å². The minimum atomic E-state index is -0.484. The molecule has 6 aromatic carbocycles. The number of fused-ring (bicyclic) bond motifs is 1. The number of aromatic nitrogens is 2. The average molecular weight is 637 g/mol. The van der Waals surface area contributed by atoms with Crippen LogP contribution < -0.4 is 5.46 Å². The van der Waals surface area contributed by atoms with Gasteiger partial charge in [-0.1, -0.05) is 140 Å². The first kappa shape index (κ1) is 30.9. The van der Waals surface area contributed by atoms with Gasteiger partial charge < -0.3 is 9.31 Å². The standard InChI is InChI=1S/C44H37BN2O2/c1-43(2)44(3,4)49-45(48-43)37-25-26-38(39(28-37)36-24-21-31-15-11-12-18-35(31)27-36)41-29-40(46-42(47-41)34-16-9-6-10-17-34)33-22-19-32(20-23-33)30-13-7-5-8-14-30/h5-29H,1-4H3. The van der Waals surface area contributed by atoms with E-state index in [-0.39, 0.29) is 0 Å². The summed E-state index contributed by atoms with van der Waals surface area (Å²) in [7, 11) is -0.484. The van der Waals surface area contributed by atoms with Crippen molar-refractivity contribution in [2.24, 2.45) is 0 Å². The van der Waals surface area contributed by atoms with Gasteiger partial charge in [-0.3, -0.25) is 0 Å². The summed E-state index contributed by atoms with van der Waals surface area (Å²) in [6.45, 7) is 8.36. The molecular weight excluding hydrogens is 599 g/mol. The van der Waals surface area contributed by atoms with Gasteiger partial charge in [-0.15, -0.1) is 0 Å². The summed E-state index contributed by atoms with van der Waals surface area (Å²) in [6.07, 6.45) is 0. The van der Waals surface area contributed by atoms with Crippen LogP contribution in [0, 0.1) is 0 Å². The Balaban J connectivity index is 1.30. The Hall–Kier alpha value is -5.36. The molecule has 1 aliphatic rings. The molecule has 1 fully saturated rings. The highest BCUT2D eigenvalue weighted by molar-refractivity contribution is 6.62. The van der Waals surface area contributed by atoms with Crippen LogP contribution in [0.1, 0.15) is 27.7 Å². The van der Waals surface area contributed by atoms with Crippen molar-refractivity contribution in [3.8, 4) is 56.2 Å². The molecular formula is C44H37BN2O2. The predicted octanol–water partition coefficient (Wildman–Crippen LogP) is 10.3. The van der Waals surface area contributed by atoms with Gasteiger partial charge in [0.1, 0.15) is 0 Å². The van der Waals surface area contributed by atoms with Crippen LogP contribution in [0.5, 0.6) is 0 Å². The fraction of sp³-hybridized carbons (Fsp3) is 0.136. The molecule has 1 aliphatic heterocycles. The summed E-state index contributed by atoms with van der Waals surface area (Å²) in [4.78, 5) is 10.3. The summed E-state index contributed by atoms with van der Waals surface area (Å²) < 4.78 is 13.0. The van der Waals surface area contributed by atoms with Crippen LogP contribution in [-0.2, 0) is 9.31 Å². The van der Waals surface area contributed by atoms with Crippen molar-refractivity contribution in [1.29, 1.82) is 0 Å². The molecule has 1 saturated heterocycles. The van der Waals surface area contributed by atoms with E-state index >= 15 is 0 Å². The maximum absolute atomic E-state index is 6.50. The van der Waals surface area contributed by atoms with Crippen molar-refractivity contribution in [2.45, 2.75) is 38.9 Å². The minimum Gasteiger partial charge on any atom is -0.399 e. The molecule has 7 aromatic rings. The van der Waals surface area contributed by atoms with E-state index in [1.165, 1.54) is 21.9 Å². The number of rotatable bonds is 6. The Morgan fingerprint density at radius 2 is 0.980 bits per heavy atom. The lowest BCUT2D eigenvalue weighted by atomic mass is 9.76. The highest BCUT2D eigenvalue weighted by Gasteiger charge is 2.51. The highest BCUT2D eigenvalue weighted by Crippen LogP contribution is 2.39. The zero-order valence-corrected chi connectivity index (χ0v) is 28.2. The van der Waals surface area contributed by atoms with E-state index in [0.29, 0.717) is 5.82 Å². The summed E-state index contributed by atoms with van der Waals surface area (Å²) in [5, 5.41) is 2.38. The quantitative estimate of drug-likeness (QED) is 0.171. The Morgan fingerprint density at radius 3 is 1.67 bits per heavy atom.